The van der Waals surface area contributed by atoms with E-state index in [4.69, 9.17) is 4.74 Å². The van der Waals surface area contributed by atoms with Crippen molar-refractivity contribution >= 4 is 26.4 Å². The number of hydrogen-bond donors (Lipinski definition) is 1. The summed E-state index contributed by atoms with van der Waals surface area (Å²) in [6, 6.07) is 15.0. The molecule has 2 rings (SSSR count). The van der Waals surface area contributed by atoms with E-state index in [-0.39, 0.29) is 5.91 Å². The van der Waals surface area contributed by atoms with Gasteiger partial charge in [-0.3, -0.25) is 0 Å². The first-order valence-electron chi connectivity index (χ1n) is 5.88. The summed E-state index contributed by atoms with van der Waals surface area (Å²) in [6.45, 7) is 0.497. The Hall–Kier alpha value is -1.77. The summed E-state index contributed by atoms with van der Waals surface area (Å²) in [5.41, 5.74) is 1.70. The van der Waals surface area contributed by atoms with Crippen LogP contribution in [-0.4, -0.2) is 29.0 Å². The van der Waals surface area contributed by atoms with E-state index >= 15 is 0 Å². The third kappa shape index (κ3) is 3.60. The van der Waals surface area contributed by atoms with Gasteiger partial charge in [0.05, 0.1) is 0 Å². The van der Waals surface area contributed by atoms with Crippen LogP contribution in [0.25, 0.3) is 0 Å². The van der Waals surface area contributed by atoms with E-state index < -0.39 is 0 Å². The number of methoxy groups -OCH3 is 1. The first-order valence-corrected chi connectivity index (χ1v) is 6.73. The molecule has 1 radical (unpaired) electrons. The molecule has 4 heteroatoms. The second-order valence-corrected chi connectivity index (χ2v) is 4.95. The zero-order valence-corrected chi connectivity index (χ0v) is 12.3. The van der Waals surface area contributed by atoms with Gasteiger partial charge in [-0.15, -0.1) is 0 Å². The number of rotatable bonds is 4. The van der Waals surface area contributed by atoms with Gasteiger partial charge in [0.1, 0.15) is 0 Å². The fourth-order valence-electron chi connectivity index (χ4n) is 1.68. The molecule has 0 heterocycles. The molecule has 0 saturated carbocycles. The van der Waals surface area contributed by atoms with Gasteiger partial charge in [0.25, 0.3) is 0 Å². The predicted octanol–water partition coefficient (Wildman–Crippen LogP) is 1.42. The van der Waals surface area contributed by atoms with Gasteiger partial charge in [0.15, 0.2) is 0 Å². The molecule has 2 aromatic carbocycles. The van der Waals surface area contributed by atoms with E-state index in [1.54, 1.807) is 13.2 Å². The van der Waals surface area contributed by atoms with Gasteiger partial charge in [-0.25, -0.2) is 0 Å². The van der Waals surface area contributed by atoms with Crippen molar-refractivity contribution in [2.75, 3.05) is 7.11 Å². The Morgan fingerprint density at radius 3 is 2.47 bits per heavy atom. The van der Waals surface area contributed by atoms with Gasteiger partial charge in [-0.1, -0.05) is 0 Å². The van der Waals surface area contributed by atoms with Gasteiger partial charge in [0, 0.05) is 0 Å². The van der Waals surface area contributed by atoms with Crippen molar-refractivity contribution < 1.29 is 9.53 Å². The summed E-state index contributed by atoms with van der Waals surface area (Å²) < 4.78 is 5.94. The molecule has 97 valence electrons. The van der Waals surface area contributed by atoms with E-state index in [1.807, 2.05) is 42.5 Å². The van der Waals surface area contributed by atoms with Crippen molar-refractivity contribution in [2.45, 2.75) is 6.54 Å². The van der Waals surface area contributed by atoms with Crippen LogP contribution in [0.4, 0.5) is 0 Å². The number of carbonyl (C=O) groups excluding carboxylic acids is 1. The predicted molar refractivity (Wildman–Crippen MR) is 76.0 cm³/mol. The van der Waals surface area contributed by atoms with Crippen molar-refractivity contribution in [3.8, 4) is 5.75 Å². The molecule has 0 fully saturated rings. The van der Waals surface area contributed by atoms with Crippen LogP contribution < -0.4 is 14.5 Å². The van der Waals surface area contributed by atoms with Crippen LogP contribution in [0.15, 0.2) is 48.5 Å². The van der Waals surface area contributed by atoms with E-state index in [0.717, 1.165) is 15.8 Å². The monoisotopic (exact) mass is 320 g/mol. The minimum absolute atomic E-state index is 0.0785. The molecule has 0 aliphatic rings. The van der Waals surface area contributed by atoms with Crippen LogP contribution in [0.3, 0.4) is 0 Å². The summed E-state index contributed by atoms with van der Waals surface area (Å²) >= 11 is 2.89. The van der Waals surface area contributed by atoms with E-state index in [1.165, 1.54) is 0 Å². The summed E-state index contributed by atoms with van der Waals surface area (Å²) in [6.07, 6.45) is 0. The third-order valence-electron chi connectivity index (χ3n) is 2.74. The molecule has 0 aliphatic heterocycles. The fraction of sp³-hybridized carbons (Fsp3) is 0.133. The molecule has 3 nitrogen and oxygen atoms in total. The van der Waals surface area contributed by atoms with Crippen LogP contribution >= 0.6 is 0 Å². The van der Waals surface area contributed by atoms with Crippen LogP contribution in [0.2, 0.25) is 0 Å². The average Bonchev–Trinajstić information content (AvgIpc) is 2.46. The molecular weight excluding hydrogens is 305 g/mol. The van der Waals surface area contributed by atoms with Gasteiger partial charge < -0.3 is 0 Å². The molecule has 0 unspecified atom stereocenters. The molecule has 1 amide bonds. The van der Waals surface area contributed by atoms with E-state index in [0.29, 0.717) is 12.1 Å². The first kappa shape index (κ1) is 13.7. The van der Waals surface area contributed by atoms with Crippen molar-refractivity contribution in [3.05, 3.63) is 59.7 Å². The Balaban J connectivity index is 1.98. The average molecular weight is 319 g/mol. The molecule has 0 bridgehead atoms. The number of ether oxygens (including phenoxy) is 1. The number of hydrogen-bond acceptors (Lipinski definition) is 2. The Bertz CT molecular complexity index is 567. The normalized spacial score (nSPS) is 9.95. The molecule has 1 N–H and O–H groups in total. The SMILES string of the molecule is COc1ccc(CNC(=O)c2ccccc2[Se])cc1. The van der Waals surface area contributed by atoms with Crippen LogP contribution in [0.5, 0.6) is 5.75 Å². The zero-order valence-electron chi connectivity index (χ0n) is 10.6. The summed E-state index contributed by atoms with van der Waals surface area (Å²) in [4.78, 5) is 12.0. The number of carbonyl (C=O) groups is 1. The van der Waals surface area contributed by atoms with E-state index in [9.17, 15) is 4.79 Å². The Morgan fingerprint density at radius 2 is 1.84 bits per heavy atom. The maximum absolute atomic E-state index is 12.0. The van der Waals surface area contributed by atoms with Gasteiger partial charge in [-0.2, -0.15) is 0 Å². The molecule has 0 atom stereocenters. The summed E-state index contributed by atoms with van der Waals surface area (Å²) in [5.74, 6) is 0.730. The summed E-state index contributed by atoms with van der Waals surface area (Å²) in [5, 5.41) is 2.89. The Kier molecular flexibility index (Phi) is 4.61. The van der Waals surface area contributed by atoms with E-state index in [2.05, 4.69) is 21.3 Å². The second kappa shape index (κ2) is 6.41. The van der Waals surface area contributed by atoms with Crippen molar-refractivity contribution in [1.82, 2.24) is 5.32 Å². The third-order valence-corrected chi connectivity index (χ3v) is 3.49. The van der Waals surface area contributed by atoms with Crippen LogP contribution in [0.1, 0.15) is 15.9 Å². The van der Waals surface area contributed by atoms with Crippen molar-refractivity contribution in [1.29, 1.82) is 0 Å². The fourth-order valence-corrected chi connectivity index (χ4v) is 2.18. The van der Waals surface area contributed by atoms with Gasteiger partial charge in [0.2, 0.25) is 0 Å². The standard InChI is InChI=1S/C15H14NO2Se/c1-18-12-8-6-11(7-9-12)10-16-15(17)13-4-2-3-5-14(13)19/h2-9H,10H2,1H3,(H,16,17). The zero-order chi connectivity index (χ0) is 13.7. The maximum atomic E-state index is 12.0. The molecule has 0 aliphatic carbocycles. The van der Waals surface area contributed by atoms with Crippen LogP contribution in [0, 0.1) is 0 Å². The Labute approximate surface area is 120 Å². The molecule has 2 aromatic rings. The quantitative estimate of drug-likeness (QED) is 0.866. The summed E-state index contributed by atoms with van der Waals surface area (Å²) in [7, 11) is 1.63. The second-order valence-electron chi connectivity index (χ2n) is 4.03. The topological polar surface area (TPSA) is 38.3 Å². The molecule has 0 saturated heterocycles. The number of amides is 1. The molecular formula is C15H14NO2Se. The van der Waals surface area contributed by atoms with Gasteiger partial charge >= 0.3 is 120 Å². The van der Waals surface area contributed by atoms with Crippen molar-refractivity contribution in [2.24, 2.45) is 0 Å². The Morgan fingerprint density at radius 1 is 1.16 bits per heavy atom. The van der Waals surface area contributed by atoms with Gasteiger partial charge in [-0.05, 0) is 0 Å². The molecule has 0 spiro atoms. The number of nitrogens with one attached hydrogen (secondary N) is 1. The van der Waals surface area contributed by atoms with Crippen LogP contribution in [-0.2, 0) is 6.54 Å². The number of benzene rings is 2. The molecule has 19 heavy (non-hydrogen) atoms. The van der Waals surface area contributed by atoms with Crippen molar-refractivity contribution in [3.63, 3.8) is 0 Å². The molecule has 0 aromatic heterocycles. The minimum atomic E-state index is -0.0785. The first-order chi connectivity index (χ1) is 9.20.